The van der Waals surface area contributed by atoms with E-state index in [0.717, 1.165) is 16.2 Å². The number of aliphatic hydroxyl groups is 1. The van der Waals surface area contributed by atoms with Gasteiger partial charge in [0.05, 0.1) is 31.1 Å². The van der Waals surface area contributed by atoms with Crippen molar-refractivity contribution in [3.8, 4) is 5.75 Å². The number of halogens is 1. The molecule has 1 aromatic carbocycles. The fraction of sp³-hybridized carbons (Fsp3) is 0.627. The summed E-state index contributed by atoms with van der Waals surface area (Å²) >= 11 is 8.16. The Bertz CT molecular complexity index is 2300. The second-order valence-corrected chi connectivity index (χ2v) is 24.2. The Hall–Kier alpha value is -4.45. The Labute approximate surface area is 452 Å². The van der Waals surface area contributed by atoms with Crippen molar-refractivity contribution < 1.29 is 62.3 Å². The van der Waals surface area contributed by atoms with Crippen LogP contribution in [0.15, 0.2) is 53.2 Å². The van der Waals surface area contributed by atoms with Crippen molar-refractivity contribution in [3.05, 3.63) is 58.8 Å². The number of aromatic nitrogens is 1. The van der Waals surface area contributed by atoms with E-state index in [1.807, 2.05) is 65.0 Å². The molecule has 4 rings (SSSR count). The molecule has 0 spiro atoms. The van der Waals surface area contributed by atoms with Crippen LogP contribution in [0, 0.1) is 5.92 Å². The van der Waals surface area contributed by atoms with E-state index in [4.69, 9.17) is 40.0 Å². The number of esters is 1. The van der Waals surface area contributed by atoms with Crippen molar-refractivity contribution in [2.75, 3.05) is 58.7 Å². The topological polar surface area (TPSA) is 237 Å². The van der Waals surface area contributed by atoms with Crippen LogP contribution >= 0.6 is 45.0 Å². The van der Waals surface area contributed by atoms with Crippen LogP contribution in [0.4, 0.5) is 15.3 Å². The van der Waals surface area contributed by atoms with Crippen LogP contribution in [0.5, 0.6) is 5.75 Å². The number of alkyl carbamates (subject to hydrolysis) is 2. The molecule has 74 heavy (non-hydrogen) atoms. The van der Waals surface area contributed by atoms with Gasteiger partial charge in [-0.1, -0.05) is 60.9 Å². The van der Waals surface area contributed by atoms with Gasteiger partial charge in [-0.2, -0.15) is 0 Å². The monoisotopic (exact) mass is 1110 g/mol. The van der Waals surface area contributed by atoms with Crippen LogP contribution in [-0.4, -0.2) is 156 Å². The first-order valence-electron chi connectivity index (χ1n) is 24.5. The Balaban J connectivity index is 1.35. The van der Waals surface area contributed by atoms with Crippen molar-refractivity contribution >= 4 is 86.5 Å². The zero-order valence-corrected chi connectivity index (χ0v) is 47.9. The minimum absolute atomic E-state index is 0.0291. The quantitative estimate of drug-likeness (QED) is 0.0163. The summed E-state index contributed by atoms with van der Waals surface area (Å²) in [5.41, 5.74) is -0.705. The maximum atomic E-state index is 14.4. The molecule has 23 heteroatoms. The fourth-order valence-corrected chi connectivity index (χ4v) is 11.0. The van der Waals surface area contributed by atoms with E-state index in [1.54, 1.807) is 50.9 Å². The van der Waals surface area contributed by atoms with Gasteiger partial charge in [0.1, 0.15) is 52.4 Å². The minimum atomic E-state index is -1.74. The molecule has 2 fully saturated rings. The molecular formula is C51H75ClN6O13S3. The summed E-state index contributed by atoms with van der Waals surface area (Å²) in [7, 11) is 9.00. The number of likely N-dealkylation sites (N-methyl/N-ethyl adjacent to an activating group) is 1. The number of hydrogen-bond donors (Lipinski definition) is 4. The summed E-state index contributed by atoms with van der Waals surface area (Å²) in [6.45, 7) is 16.9. The van der Waals surface area contributed by atoms with Crippen molar-refractivity contribution in [1.29, 1.82) is 0 Å². The van der Waals surface area contributed by atoms with E-state index in [9.17, 15) is 33.9 Å². The highest BCUT2D eigenvalue weighted by molar-refractivity contribution is 8.76. The summed E-state index contributed by atoms with van der Waals surface area (Å²) in [5.74, 6) is -1.93. The molecule has 1 aromatic heterocycles. The van der Waals surface area contributed by atoms with Gasteiger partial charge in [0.2, 0.25) is 17.7 Å². The van der Waals surface area contributed by atoms with Gasteiger partial charge in [0.25, 0.3) is 0 Å². The largest absolute Gasteiger partial charge is 0.495 e. The maximum absolute atomic E-state index is 14.4. The first-order chi connectivity index (χ1) is 34.8. The molecule has 19 nitrogen and oxygen atoms in total. The molecule has 3 heterocycles. The van der Waals surface area contributed by atoms with Gasteiger partial charge < -0.3 is 54.0 Å². The molecule has 2 saturated heterocycles. The lowest BCUT2D eigenvalue weighted by Gasteiger charge is -2.41. The van der Waals surface area contributed by atoms with Gasteiger partial charge in [-0.15, -0.1) is 11.8 Å². The number of amides is 5. The molecular weight excluding hydrogens is 1040 g/mol. The predicted molar refractivity (Wildman–Crippen MR) is 288 cm³/mol. The van der Waals surface area contributed by atoms with Crippen molar-refractivity contribution in [2.45, 2.75) is 151 Å². The Morgan fingerprint density at radius 1 is 1.08 bits per heavy atom. The van der Waals surface area contributed by atoms with E-state index in [1.165, 1.54) is 60.5 Å². The molecule has 0 aliphatic carbocycles. The van der Waals surface area contributed by atoms with Crippen molar-refractivity contribution in [3.63, 3.8) is 0 Å². The second kappa shape index (κ2) is 28.1. The molecule has 5 amide bonds. The number of carbonyl (C=O) groups excluding carboxylic acids is 6. The number of benzene rings is 1. The highest BCUT2D eigenvalue weighted by Gasteiger charge is 2.64. The van der Waals surface area contributed by atoms with Gasteiger partial charge >= 0.3 is 18.2 Å². The average Bonchev–Trinajstić information content (AvgIpc) is 4.08. The maximum Gasteiger partial charge on any atom is 0.409 e. The lowest BCUT2D eigenvalue weighted by molar-refractivity contribution is -0.162. The third-order valence-corrected chi connectivity index (χ3v) is 17.8. The van der Waals surface area contributed by atoms with Gasteiger partial charge in [0.15, 0.2) is 5.72 Å². The van der Waals surface area contributed by atoms with Crippen LogP contribution in [0.2, 0.25) is 5.02 Å². The van der Waals surface area contributed by atoms with Crippen LogP contribution in [0.3, 0.4) is 0 Å². The number of rotatable bonds is 28. The third-order valence-electron chi connectivity index (χ3n) is 13.3. The second-order valence-electron chi connectivity index (χ2n) is 19.4. The van der Waals surface area contributed by atoms with E-state index < -0.39 is 76.5 Å². The smallest absolute Gasteiger partial charge is 0.409 e. The highest BCUT2D eigenvalue weighted by atomic mass is 35.5. The summed E-state index contributed by atoms with van der Waals surface area (Å²) < 4.78 is 33.8. The highest BCUT2D eigenvalue weighted by Crippen LogP contribution is 2.49. The molecule has 0 radical (unpaired) electrons. The summed E-state index contributed by atoms with van der Waals surface area (Å²) in [6.07, 6.45) is -0.686. The molecule has 4 N–H and O–H groups in total. The zero-order valence-electron chi connectivity index (χ0n) is 44.7. The Morgan fingerprint density at radius 3 is 2.43 bits per heavy atom. The number of hydrogen-bond acceptors (Lipinski definition) is 17. The number of nitrogens with one attached hydrogen (secondary N) is 3. The van der Waals surface area contributed by atoms with Crippen LogP contribution in [0.25, 0.3) is 0 Å². The van der Waals surface area contributed by atoms with E-state index in [2.05, 4.69) is 20.9 Å². The van der Waals surface area contributed by atoms with E-state index >= 15 is 0 Å². The number of carbonyl (C=O) groups is 6. The van der Waals surface area contributed by atoms with Crippen LogP contribution < -0.4 is 25.6 Å². The lowest BCUT2D eigenvalue weighted by Crippen LogP contribution is -2.63. The molecule has 412 valence electrons. The number of cyclic esters (lactones) is 1. The SMILES string of the molecule is C/C=C(\C)Cc1cc(OC)c(Cl)c(N(C)C(=O)C[C@H](OC(=O)[C@H](C)N(C)C(=O)CCC(C)(C)SCC(=O)NCCNC(=O)OC[C@H](C)SSc2ccccn2)C2(C)O[C@H]2[C@H](C)[C@@H]2C[C@](O)([C@@H](C)OC)NC(=O)O2)c1. The summed E-state index contributed by atoms with van der Waals surface area (Å²) in [5, 5.41) is 20.3. The summed E-state index contributed by atoms with van der Waals surface area (Å²) in [6, 6.07) is 8.17. The van der Waals surface area contributed by atoms with Crippen molar-refractivity contribution in [1.82, 2.24) is 25.8 Å². The molecule has 9 atom stereocenters. The molecule has 1 unspecified atom stereocenters. The van der Waals surface area contributed by atoms with E-state index in [0.29, 0.717) is 24.3 Å². The number of methoxy groups -OCH3 is 2. The molecule has 0 bridgehead atoms. The minimum Gasteiger partial charge on any atom is -0.495 e. The molecule has 2 aliphatic rings. The standard InChI is InChI=1S/C51H75ClN6O13S3/c1-14-30(2)23-35-24-36(44(52)37(25-35)67-13)58(11)43(61)26-39(50(9)45(71-50)32(4)38-27-51(65,34(6)66-12)56-48(64)69-38)70-46(62)33(5)57(10)42(60)18-19-49(7,8)72-29-40(59)53-21-22-55-47(63)68-28-31(3)73-74-41-17-15-16-20-54-41/h14-17,20,24-25,31-34,38-39,45,65H,18-19,21-23,26-29H2,1-13H3,(H,53,59)(H,55,63)(H,56,64)/b30-14+/t31-,32+,33-,34+,38-,39-,45-,50?,51-/m0/s1. The van der Waals surface area contributed by atoms with E-state index in [-0.39, 0.29) is 66.8 Å². The third kappa shape index (κ3) is 17.8. The molecule has 2 aliphatic heterocycles. The van der Waals surface area contributed by atoms with Crippen LogP contribution in [0.1, 0.15) is 93.6 Å². The van der Waals surface area contributed by atoms with Gasteiger partial charge in [-0.05, 0) is 95.0 Å². The number of anilines is 1. The molecule has 2 aromatic rings. The lowest BCUT2D eigenvalue weighted by atomic mass is 9.84. The number of thioether (sulfide) groups is 1. The number of allylic oxidation sites excluding steroid dienone is 2. The number of ether oxygens (including phenoxy) is 6. The number of epoxide rings is 1. The van der Waals surface area contributed by atoms with Crippen molar-refractivity contribution in [2.24, 2.45) is 5.92 Å². The first kappa shape index (κ1) is 62.1. The first-order valence-corrected chi connectivity index (χ1v) is 28.0. The summed E-state index contributed by atoms with van der Waals surface area (Å²) in [4.78, 5) is 86.7. The van der Waals surface area contributed by atoms with Gasteiger partial charge in [-0.25, -0.2) is 19.4 Å². The Morgan fingerprint density at radius 2 is 1.78 bits per heavy atom. The predicted octanol–water partition coefficient (Wildman–Crippen LogP) is 7.34. The number of pyridine rings is 1. The van der Waals surface area contributed by atoms with Gasteiger partial charge in [0, 0.05) is 69.2 Å². The zero-order chi connectivity index (χ0) is 55.1. The van der Waals surface area contributed by atoms with Gasteiger partial charge in [-0.3, -0.25) is 19.7 Å². The number of nitrogens with zero attached hydrogens (tertiary/aromatic N) is 3. The normalized spacial score (nSPS) is 21.6. The Kier molecular flexibility index (Phi) is 23.6. The fourth-order valence-electron chi connectivity index (χ4n) is 7.92. The average molecular weight is 1110 g/mol. The van der Waals surface area contributed by atoms with Crippen LogP contribution in [-0.2, 0) is 49.3 Å². The molecule has 0 saturated carbocycles.